The van der Waals surface area contributed by atoms with E-state index in [-0.39, 0.29) is 6.10 Å². The van der Waals surface area contributed by atoms with E-state index in [1.807, 2.05) is 0 Å². The van der Waals surface area contributed by atoms with E-state index in [2.05, 4.69) is 88.2 Å². The minimum Gasteiger partial charge on any atom is -0.379 e. The van der Waals surface area contributed by atoms with Crippen LogP contribution in [0.3, 0.4) is 0 Å². The van der Waals surface area contributed by atoms with Crippen molar-refractivity contribution in [3.05, 3.63) is 0 Å². The van der Waals surface area contributed by atoms with Gasteiger partial charge in [0.25, 0.3) is 0 Å². The Morgan fingerprint density at radius 3 is 1.12 bits per heavy atom. The summed E-state index contributed by atoms with van der Waals surface area (Å²) in [6.07, 6.45) is 31.5. The molecule has 0 fully saturated rings. The van der Waals surface area contributed by atoms with Gasteiger partial charge in [-0.05, 0) is 93.7 Å². The molecule has 0 N–H and O–H groups in total. The number of hydrogen-bond acceptors (Lipinski definition) is 3. The number of ether oxygens (including phenoxy) is 2. The molecule has 8 unspecified atom stereocenters. The summed E-state index contributed by atoms with van der Waals surface area (Å²) in [6.45, 7) is 27.9. The summed E-state index contributed by atoms with van der Waals surface area (Å²) in [7, 11) is 4.34. The molecule has 3 nitrogen and oxygen atoms in total. The lowest BCUT2D eigenvalue weighted by molar-refractivity contribution is -0.0278. The van der Waals surface area contributed by atoms with Crippen LogP contribution in [-0.4, -0.2) is 51.5 Å². The summed E-state index contributed by atoms with van der Waals surface area (Å²) in [5, 5.41) is 0. The Morgan fingerprint density at radius 1 is 0.392 bits per heavy atom. The first kappa shape index (κ1) is 50.9. The molecule has 0 aliphatic carbocycles. The molecule has 0 rings (SSSR count). The summed E-state index contributed by atoms with van der Waals surface area (Å²) < 4.78 is 12.7. The van der Waals surface area contributed by atoms with Gasteiger partial charge in [0.2, 0.25) is 0 Å². The molecule has 0 aliphatic heterocycles. The lowest BCUT2D eigenvalue weighted by Crippen LogP contribution is -2.24. The van der Waals surface area contributed by atoms with E-state index in [0.29, 0.717) is 0 Å². The fourth-order valence-electron chi connectivity index (χ4n) is 7.80. The second kappa shape index (κ2) is 34.4. The van der Waals surface area contributed by atoms with Crippen LogP contribution in [-0.2, 0) is 9.47 Å². The Bertz CT molecular complexity index is 709. The van der Waals surface area contributed by atoms with Crippen molar-refractivity contribution in [3.63, 3.8) is 0 Å². The molecule has 0 aromatic rings. The molecule has 3 heteroatoms. The van der Waals surface area contributed by atoms with Crippen molar-refractivity contribution in [2.45, 2.75) is 223 Å². The van der Waals surface area contributed by atoms with Crippen molar-refractivity contribution >= 4 is 0 Å². The third-order valence-electron chi connectivity index (χ3n) is 12.3. The van der Waals surface area contributed by atoms with Gasteiger partial charge in [-0.2, -0.15) is 0 Å². The van der Waals surface area contributed by atoms with Gasteiger partial charge in [0.1, 0.15) is 0 Å². The summed E-state index contributed by atoms with van der Waals surface area (Å²) in [5.41, 5.74) is 0. The third kappa shape index (κ3) is 35.3. The van der Waals surface area contributed by atoms with E-state index >= 15 is 0 Å². The van der Waals surface area contributed by atoms with E-state index in [4.69, 9.17) is 9.47 Å². The fourth-order valence-corrected chi connectivity index (χ4v) is 7.80. The molecule has 308 valence electrons. The highest BCUT2D eigenvalue weighted by Gasteiger charge is 2.14. The molecule has 0 amide bonds. The molecular weight excluding hydrogens is 623 g/mol. The van der Waals surface area contributed by atoms with Gasteiger partial charge in [-0.25, -0.2) is 0 Å². The molecule has 0 aliphatic rings. The lowest BCUT2D eigenvalue weighted by Gasteiger charge is -2.21. The van der Waals surface area contributed by atoms with Crippen LogP contribution in [0, 0.1) is 47.3 Å². The Labute approximate surface area is 324 Å². The standard InChI is InChI=1S/C48H99NO2/c1-13-41(4)22-15-24-43(6)26-17-28-44(7)29-18-31-46(9)34-37-50-39-48(33-20-36-49(11)12)51-38-35-47(10)32-19-30-45(8)27-16-25-42(5)23-14-21-40(2)3/h40-48H,13-39H2,1-12H3. The predicted octanol–water partition coefficient (Wildman–Crippen LogP) is 15.1. The Balaban J connectivity index is 4.12. The summed E-state index contributed by atoms with van der Waals surface area (Å²) in [4.78, 5) is 2.29. The zero-order chi connectivity index (χ0) is 38.3. The summed E-state index contributed by atoms with van der Waals surface area (Å²) in [5.74, 6) is 6.83. The van der Waals surface area contributed by atoms with Gasteiger partial charge < -0.3 is 14.4 Å². The molecule has 0 saturated heterocycles. The van der Waals surface area contributed by atoms with E-state index in [1.54, 1.807) is 0 Å². The number of hydrogen-bond donors (Lipinski definition) is 0. The number of rotatable bonds is 38. The van der Waals surface area contributed by atoms with Crippen molar-refractivity contribution in [1.82, 2.24) is 4.90 Å². The van der Waals surface area contributed by atoms with E-state index < -0.39 is 0 Å². The minimum atomic E-state index is 0.240. The average molecular weight is 722 g/mol. The molecule has 0 aromatic carbocycles. The van der Waals surface area contributed by atoms with Crippen LogP contribution in [0.15, 0.2) is 0 Å². The highest BCUT2D eigenvalue weighted by Crippen LogP contribution is 2.25. The van der Waals surface area contributed by atoms with Crippen LogP contribution in [0.4, 0.5) is 0 Å². The van der Waals surface area contributed by atoms with E-state index in [0.717, 1.165) is 80.1 Å². The molecular formula is C48H99NO2. The van der Waals surface area contributed by atoms with Gasteiger partial charge in [0, 0.05) is 13.2 Å². The normalized spacial score (nSPS) is 17.1. The van der Waals surface area contributed by atoms with Crippen LogP contribution >= 0.6 is 0 Å². The Morgan fingerprint density at radius 2 is 0.745 bits per heavy atom. The average Bonchev–Trinajstić information content (AvgIpc) is 3.06. The first-order valence-corrected chi connectivity index (χ1v) is 23.2. The molecule has 0 radical (unpaired) electrons. The molecule has 0 saturated carbocycles. The second-order valence-corrected chi connectivity index (χ2v) is 19.2. The quantitative estimate of drug-likeness (QED) is 0.0593. The summed E-state index contributed by atoms with van der Waals surface area (Å²) >= 11 is 0. The maximum Gasteiger partial charge on any atom is 0.0808 e. The maximum absolute atomic E-state index is 6.47. The smallest absolute Gasteiger partial charge is 0.0808 e. The van der Waals surface area contributed by atoms with Crippen LogP contribution < -0.4 is 0 Å². The summed E-state index contributed by atoms with van der Waals surface area (Å²) in [6, 6.07) is 0. The molecule has 0 aromatic heterocycles. The van der Waals surface area contributed by atoms with Crippen molar-refractivity contribution < 1.29 is 9.47 Å². The first-order chi connectivity index (χ1) is 24.3. The van der Waals surface area contributed by atoms with Crippen molar-refractivity contribution in [3.8, 4) is 0 Å². The Kier molecular flexibility index (Phi) is 34.3. The monoisotopic (exact) mass is 722 g/mol. The van der Waals surface area contributed by atoms with Gasteiger partial charge in [0.15, 0.2) is 0 Å². The largest absolute Gasteiger partial charge is 0.379 e. The molecule has 0 heterocycles. The van der Waals surface area contributed by atoms with E-state index in [1.165, 1.54) is 141 Å². The predicted molar refractivity (Wildman–Crippen MR) is 230 cm³/mol. The van der Waals surface area contributed by atoms with Crippen LogP contribution in [0.2, 0.25) is 0 Å². The zero-order valence-corrected chi connectivity index (χ0v) is 37.6. The fraction of sp³-hybridized carbons (Fsp3) is 1.00. The van der Waals surface area contributed by atoms with Crippen LogP contribution in [0.5, 0.6) is 0 Å². The zero-order valence-electron chi connectivity index (χ0n) is 37.6. The second-order valence-electron chi connectivity index (χ2n) is 19.2. The molecule has 0 spiro atoms. The number of nitrogens with zero attached hydrogens (tertiary/aromatic N) is 1. The maximum atomic E-state index is 6.47. The molecule has 51 heavy (non-hydrogen) atoms. The van der Waals surface area contributed by atoms with Crippen LogP contribution in [0.25, 0.3) is 0 Å². The van der Waals surface area contributed by atoms with Gasteiger partial charge in [-0.1, -0.05) is 191 Å². The van der Waals surface area contributed by atoms with Gasteiger partial charge in [-0.15, -0.1) is 0 Å². The van der Waals surface area contributed by atoms with E-state index in [9.17, 15) is 0 Å². The lowest BCUT2D eigenvalue weighted by atomic mass is 9.90. The minimum absolute atomic E-state index is 0.240. The topological polar surface area (TPSA) is 21.7 Å². The van der Waals surface area contributed by atoms with Crippen molar-refractivity contribution in [2.75, 3.05) is 40.5 Å². The first-order valence-electron chi connectivity index (χ1n) is 23.2. The van der Waals surface area contributed by atoms with Crippen molar-refractivity contribution in [1.29, 1.82) is 0 Å². The third-order valence-corrected chi connectivity index (χ3v) is 12.3. The van der Waals surface area contributed by atoms with Gasteiger partial charge in [-0.3, -0.25) is 0 Å². The van der Waals surface area contributed by atoms with Crippen molar-refractivity contribution in [2.24, 2.45) is 47.3 Å². The highest BCUT2D eigenvalue weighted by molar-refractivity contribution is 4.65. The SMILES string of the molecule is CCC(C)CCCC(C)CCCC(C)CCCC(C)CCOCC(CCCN(C)C)OCCC(C)CCCC(C)CCCC(C)CCCC(C)C. The molecule has 8 atom stereocenters. The highest BCUT2D eigenvalue weighted by atomic mass is 16.5. The molecule has 0 bridgehead atoms. The van der Waals surface area contributed by atoms with Crippen LogP contribution in [0.1, 0.15) is 217 Å². The Hall–Kier alpha value is -0.120. The van der Waals surface area contributed by atoms with Gasteiger partial charge >= 0.3 is 0 Å². The van der Waals surface area contributed by atoms with Gasteiger partial charge in [0.05, 0.1) is 12.7 Å².